The minimum Gasteiger partial charge on any atom is -0.465 e. The molecule has 4 nitrogen and oxygen atoms in total. The highest BCUT2D eigenvalue weighted by Gasteiger charge is 2.33. The number of nitrogens with two attached hydrogens (primary N) is 1. The summed E-state index contributed by atoms with van der Waals surface area (Å²) in [6.45, 7) is 13.6. The zero-order chi connectivity index (χ0) is 14.3. The number of carbonyl (C=O) groups excluding carboxylic acids is 1. The van der Waals surface area contributed by atoms with Crippen molar-refractivity contribution in [1.29, 1.82) is 0 Å². The second kappa shape index (κ2) is 7.74. The van der Waals surface area contributed by atoms with E-state index in [2.05, 4.69) is 32.6 Å². The lowest BCUT2D eigenvalue weighted by molar-refractivity contribution is -0.149. The molecule has 2 unspecified atom stereocenters. The molecule has 0 aromatic carbocycles. The number of esters is 1. The number of carbonyl (C=O) groups is 1. The monoisotopic (exact) mass is 258 g/mol. The first-order valence-corrected chi connectivity index (χ1v) is 6.98. The van der Waals surface area contributed by atoms with Crippen LogP contribution in [0.5, 0.6) is 0 Å². The predicted octanol–water partition coefficient (Wildman–Crippen LogP) is 2.17. The molecule has 2 N–H and O–H groups in total. The standard InChI is InChI=1S/C14H30N2O2/c1-7-9-16(11(3)4)12(5)10-14(6,15)13(17)18-8-2/h11-12H,7-10,15H2,1-6H3. The van der Waals surface area contributed by atoms with Crippen molar-refractivity contribution in [2.24, 2.45) is 5.73 Å². The largest absolute Gasteiger partial charge is 0.465 e. The van der Waals surface area contributed by atoms with Crippen molar-refractivity contribution in [1.82, 2.24) is 4.90 Å². The topological polar surface area (TPSA) is 55.6 Å². The molecule has 0 amide bonds. The summed E-state index contributed by atoms with van der Waals surface area (Å²) in [4.78, 5) is 14.2. The fourth-order valence-corrected chi connectivity index (χ4v) is 2.36. The van der Waals surface area contributed by atoms with Crippen molar-refractivity contribution < 1.29 is 9.53 Å². The number of rotatable bonds is 8. The van der Waals surface area contributed by atoms with Crippen LogP contribution in [0.15, 0.2) is 0 Å². The highest BCUT2D eigenvalue weighted by molar-refractivity contribution is 5.80. The molecule has 0 saturated heterocycles. The van der Waals surface area contributed by atoms with Gasteiger partial charge in [-0.15, -0.1) is 0 Å². The first kappa shape index (κ1) is 17.4. The van der Waals surface area contributed by atoms with Gasteiger partial charge >= 0.3 is 5.97 Å². The van der Waals surface area contributed by atoms with E-state index >= 15 is 0 Å². The van der Waals surface area contributed by atoms with Crippen LogP contribution in [0.3, 0.4) is 0 Å². The second-order valence-electron chi connectivity index (χ2n) is 5.52. The molecule has 0 radical (unpaired) electrons. The van der Waals surface area contributed by atoms with Crippen LogP contribution >= 0.6 is 0 Å². The summed E-state index contributed by atoms with van der Waals surface area (Å²) in [5, 5.41) is 0. The van der Waals surface area contributed by atoms with E-state index in [-0.39, 0.29) is 12.0 Å². The Morgan fingerprint density at radius 3 is 2.28 bits per heavy atom. The van der Waals surface area contributed by atoms with Crippen LogP contribution < -0.4 is 5.73 Å². The second-order valence-corrected chi connectivity index (χ2v) is 5.52. The van der Waals surface area contributed by atoms with Crippen LogP contribution in [0.1, 0.15) is 54.4 Å². The van der Waals surface area contributed by atoms with E-state index in [0.29, 0.717) is 19.1 Å². The molecule has 0 saturated carbocycles. The van der Waals surface area contributed by atoms with Gasteiger partial charge in [0.05, 0.1) is 6.61 Å². The molecule has 0 rings (SSSR count). The van der Waals surface area contributed by atoms with E-state index in [1.807, 2.05) is 0 Å². The molecular weight excluding hydrogens is 228 g/mol. The first-order chi connectivity index (χ1) is 8.26. The molecule has 0 aliphatic rings. The van der Waals surface area contributed by atoms with Crippen LogP contribution in [-0.4, -0.2) is 41.6 Å². The van der Waals surface area contributed by atoms with Crippen molar-refractivity contribution in [3.8, 4) is 0 Å². The number of hydrogen-bond donors (Lipinski definition) is 1. The van der Waals surface area contributed by atoms with E-state index in [9.17, 15) is 4.79 Å². The van der Waals surface area contributed by atoms with Gasteiger partial charge < -0.3 is 10.5 Å². The van der Waals surface area contributed by atoms with Gasteiger partial charge in [0.25, 0.3) is 0 Å². The summed E-state index contributed by atoms with van der Waals surface area (Å²) < 4.78 is 5.03. The molecule has 0 aromatic heterocycles. The Balaban J connectivity index is 4.59. The minimum atomic E-state index is -0.906. The quantitative estimate of drug-likeness (QED) is 0.678. The molecular formula is C14H30N2O2. The van der Waals surface area contributed by atoms with E-state index in [1.54, 1.807) is 13.8 Å². The minimum absolute atomic E-state index is 0.268. The summed E-state index contributed by atoms with van der Waals surface area (Å²) >= 11 is 0. The van der Waals surface area contributed by atoms with Gasteiger partial charge in [0.15, 0.2) is 0 Å². The van der Waals surface area contributed by atoms with Crippen LogP contribution in [0, 0.1) is 0 Å². The molecule has 18 heavy (non-hydrogen) atoms. The van der Waals surface area contributed by atoms with Crippen molar-refractivity contribution >= 4 is 5.97 Å². The Labute approximate surface area is 112 Å². The number of nitrogens with zero attached hydrogens (tertiary/aromatic N) is 1. The Morgan fingerprint density at radius 2 is 1.89 bits per heavy atom. The van der Waals surface area contributed by atoms with Crippen molar-refractivity contribution in [2.45, 2.75) is 72.0 Å². The zero-order valence-electron chi connectivity index (χ0n) is 12.8. The predicted molar refractivity (Wildman–Crippen MR) is 75.4 cm³/mol. The van der Waals surface area contributed by atoms with Crippen molar-refractivity contribution in [2.75, 3.05) is 13.2 Å². The SMILES string of the molecule is CCCN(C(C)C)C(C)CC(C)(N)C(=O)OCC. The fraction of sp³-hybridized carbons (Fsp3) is 0.929. The van der Waals surface area contributed by atoms with Crippen LogP contribution in [0.4, 0.5) is 0 Å². The summed E-state index contributed by atoms with van der Waals surface area (Å²) in [5.41, 5.74) is 5.17. The number of hydrogen-bond acceptors (Lipinski definition) is 4. The van der Waals surface area contributed by atoms with Gasteiger partial charge in [-0.3, -0.25) is 9.69 Å². The lowest BCUT2D eigenvalue weighted by atomic mass is 9.93. The summed E-state index contributed by atoms with van der Waals surface area (Å²) in [6, 6.07) is 0.724. The smallest absolute Gasteiger partial charge is 0.325 e. The van der Waals surface area contributed by atoms with Gasteiger partial charge in [0, 0.05) is 12.1 Å². The Morgan fingerprint density at radius 1 is 1.33 bits per heavy atom. The van der Waals surface area contributed by atoms with Gasteiger partial charge in [-0.2, -0.15) is 0 Å². The molecule has 4 heteroatoms. The third-order valence-electron chi connectivity index (χ3n) is 3.17. The third kappa shape index (κ3) is 5.36. The lowest BCUT2D eigenvalue weighted by Gasteiger charge is -2.36. The van der Waals surface area contributed by atoms with Gasteiger partial charge in [-0.25, -0.2) is 0 Å². The normalized spacial score (nSPS) is 16.7. The molecule has 0 heterocycles. The molecule has 0 aromatic rings. The maximum absolute atomic E-state index is 11.8. The molecule has 2 atom stereocenters. The van der Waals surface area contributed by atoms with Crippen LogP contribution in [0.2, 0.25) is 0 Å². The molecule has 0 spiro atoms. The maximum Gasteiger partial charge on any atom is 0.325 e. The summed E-state index contributed by atoms with van der Waals surface area (Å²) in [6.07, 6.45) is 1.72. The van der Waals surface area contributed by atoms with E-state index in [4.69, 9.17) is 10.5 Å². The Kier molecular flexibility index (Phi) is 7.48. The average Bonchev–Trinajstić information content (AvgIpc) is 2.24. The van der Waals surface area contributed by atoms with Crippen LogP contribution in [-0.2, 0) is 9.53 Å². The highest BCUT2D eigenvalue weighted by atomic mass is 16.5. The van der Waals surface area contributed by atoms with E-state index in [0.717, 1.165) is 13.0 Å². The Hall–Kier alpha value is -0.610. The maximum atomic E-state index is 11.8. The van der Waals surface area contributed by atoms with Crippen molar-refractivity contribution in [3.05, 3.63) is 0 Å². The first-order valence-electron chi connectivity index (χ1n) is 6.98. The van der Waals surface area contributed by atoms with Gasteiger partial charge in [0.1, 0.15) is 5.54 Å². The van der Waals surface area contributed by atoms with Gasteiger partial charge in [-0.1, -0.05) is 6.92 Å². The average molecular weight is 258 g/mol. The molecule has 0 fully saturated rings. The highest BCUT2D eigenvalue weighted by Crippen LogP contribution is 2.18. The molecule has 0 aliphatic heterocycles. The van der Waals surface area contributed by atoms with Gasteiger partial charge in [0.2, 0.25) is 0 Å². The van der Waals surface area contributed by atoms with Crippen molar-refractivity contribution in [3.63, 3.8) is 0 Å². The molecule has 0 bridgehead atoms. The fourth-order valence-electron chi connectivity index (χ4n) is 2.36. The lowest BCUT2D eigenvalue weighted by Crippen LogP contribution is -2.52. The van der Waals surface area contributed by atoms with Crippen LogP contribution in [0.25, 0.3) is 0 Å². The Bertz CT molecular complexity index is 252. The zero-order valence-corrected chi connectivity index (χ0v) is 12.8. The summed E-state index contributed by atoms with van der Waals surface area (Å²) in [5.74, 6) is -0.308. The number of ether oxygens (including phenoxy) is 1. The third-order valence-corrected chi connectivity index (χ3v) is 3.17. The summed E-state index contributed by atoms with van der Waals surface area (Å²) in [7, 11) is 0. The molecule has 0 aliphatic carbocycles. The molecule has 108 valence electrons. The van der Waals surface area contributed by atoms with E-state index in [1.165, 1.54) is 0 Å². The van der Waals surface area contributed by atoms with Gasteiger partial charge in [-0.05, 0) is 54.0 Å². The van der Waals surface area contributed by atoms with E-state index < -0.39 is 5.54 Å².